The average Bonchev–Trinajstić information content (AvgIpc) is 2.89. The Labute approximate surface area is 216 Å². The lowest BCUT2D eigenvalue weighted by atomic mass is 9.79. The number of piperidine rings is 1. The van der Waals surface area contributed by atoms with Crippen molar-refractivity contribution in [3.8, 4) is 0 Å². The van der Waals surface area contributed by atoms with E-state index in [0.717, 1.165) is 44.5 Å². The predicted octanol–water partition coefficient (Wildman–Crippen LogP) is 3.82. The van der Waals surface area contributed by atoms with Gasteiger partial charge in [-0.2, -0.15) is 0 Å². The van der Waals surface area contributed by atoms with Gasteiger partial charge in [0.1, 0.15) is 11.6 Å². The maximum atomic E-state index is 13.7. The lowest BCUT2D eigenvalue weighted by Crippen LogP contribution is -2.73. The second-order valence-electron chi connectivity index (χ2n) is 11.3. The molecule has 1 aliphatic carbocycles. The minimum atomic E-state index is -0.714. The summed E-state index contributed by atoms with van der Waals surface area (Å²) in [5, 5.41) is 3.19. The number of hydrogen-bond donors (Lipinski definition) is 1. The summed E-state index contributed by atoms with van der Waals surface area (Å²) in [7, 11) is 3.52. The van der Waals surface area contributed by atoms with E-state index in [1.165, 1.54) is 32.1 Å². The third-order valence-corrected chi connectivity index (χ3v) is 8.53. The quantitative estimate of drug-likeness (QED) is 0.594. The predicted molar refractivity (Wildman–Crippen MR) is 141 cm³/mol. The number of likely N-dealkylation sites (tertiary alicyclic amines) is 1. The summed E-state index contributed by atoms with van der Waals surface area (Å²) in [5.41, 5.74) is 1.13. The Morgan fingerprint density at radius 1 is 1.06 bits per heavy atom. The van der Waals surface area contributed by atoms with Gasteiger partial charge in [-0.25, -0.2) is 0 Å². The van der Waals surface area contributed by atoms with Crippen molar-refractivity contribution in [1.82, 2.24) is 20.0 Å². The molecule has 2 heterocycles. The molecule has 0 radical (unpaired) electrons. The fraction of sp³-hybridized carbons (Fsp3) is 0.690. The van der Waals surface area contributed by atoms with Gasteiger partial charge in [-0.3, -0.25) is 19.3 Å². The number of rotatable bonds is 8. The number of carbonyl (C=O) groups is 3. The fourth-order valence-electron chi connectivity index (χ4n) is 6.28. The monoisotopic (exact) mass is 496 g/mol. The van der Waals surface area contributed by atoms with Crippen LogP contribution in [-0.4, -0.2) is 77.7 Å². The minimum absolute atomic E-state index is 0.00315. The summed E-state index contributed by atoms with van der Waals surface area (Å²) in [6.07, 6.45) is 10.2. The van der Waals surface area contributed by atoms with Crippen molar-refractivity contribution >= 4 is 17.7 Å². The van der Waals surface area contributed by atoms with Gasteiger partial charge in [0.15, 0.2) is 0 Å². The van der Waals surface area contributed by atoms with E-state index in [1.54, 1.807) is 19.0 Å². The van der Waals surface area contributed by atoms with Crippen molar-refractivity contribution in [2.75, 3.05) is 33.7 Å². The molecule has 3 fully saturated rings. The molecule has 1 atom stereocenters. The Balaban J connectivity index is 1.40. The SMILES string of the molecule is CCCCN1C(=O)C(CC2CCCCC2)NC(=O)C12CCN(Cc1ccc(C(=O)N(C)C)cc1)CC2. The second-order valence-corrected chi connectivity index (χ2v) is 11.3. The van der Waals surface area contributed by atoms with Gasteiger partial charge in [-0.05, 0) is 49.3 Å². The van der Waals surface area contributed by atoms with Gasteiger partial charge in [-0.1, -0.05) is 57.6 Å². The summed E-state index contributed by atoms with van der Waals surface area (Å²) in [5.74, 6) is 0.758. The van der Waals surface area contributed by atoms with E-state index in [-0.39, 0.29) is 23.8 Å². The van der Waals surface area contributed by atoms with Crippen LogP contribution in [0.25, 0.3) is 0 Å². The van der Waals surface area contributed by atoms with Crippen LogP contribution in [0.5, 0.6) is 0 Å². The smallest absolute Gasteiger partial charge is 0.253 e. The van der Waals surface area contributed by atoms with E-state index in [9.17, 15) is 14.4 Å². The molecule has 0 bridgehead atoms. The fourth-order valence-corrected chi connectivity index (χ4v) is 6.28. The van der Waals surface area contributed by atoms with Crippen molar-refractivity contribution in [3.63, 3.8) is 0 Å². The zero-order valence-electron chi connectivity index (χ0n) is 22.4. The number of unbranched alkanes of at least 4 members (excludes halogenated alkanes) is 1. The van der Waals surface area contributed by atoms with Crippen LogP contribution in [0.1, 0.15) is 87.1 Å². The standard InChI is InChI=1S/C29H44N4O3/c1-4-5-17-33-27(35)25(20-22-9-7-6-8-10-22)30-28(36)29(33)15-18-32(19-16-29)21-23-11-13-24(14-12-23)26(34)31(2)3/h11-14,22,25H,4-10,15-21H2,1-3H3,(H,30,36). The van der Waals surface area contributed by atoms with E-state index >= 15 is 0 Å². The van der Waals surface area contributed by atoms with E-state index in [1.807, 2.05) is 29.2 Å². The number of carbonyl (C=O) groups excluding carboxylic acids is 3. The first-order chi connectivity index (χ1) is 17.3. The van der Waals surface area contributed by atoms with Crippen LogP contribution in [0, 0.1) is 5.92 Å². The van der Waals surface area contributed by atoms with Crippen LogP contribution >= 0.6 is 0 Å². The maximum absolute atomic E-state index is 13.7. The van der Waals surface area contributed by atoms with Crippen LogP contribution in [0.2, 0.25) is 0 Å². The largest absolute Gasteiger partial charge is 0.345 e. The Hall–Kier alpha value is -2.41. The first-order valence-electron chi connectivity index (χ1n) is 14.0. The molecule has 2 saturated heterocycles. The third-order valence-electron chi connectivity index (χ3n) is 8.53. The Bertz CT molecular complexity index is 915. The number of nitrogens with zero attached hydrogens (tertiary/aromatic N) is 3. The summed E-state index contributed by atoms with van der Waals surface area (Å²) in [4.78, 5) is 45.4. The van der Waals surface area contributed by atoms with E-state index < -0.39 is 5.54 Å². The molecule has 4 rings (SSSR count). The number of amides is 3. The molecule has 198 valence electrons. The molecule has 7 heteroatoms. The van der Waals surface area contributed by atoms with Crippen molar-refractivity contribution in [1.29, 1.82) is 0 Å². The van der Waals surface area contributed by atoms with Gasteiger partial charge in [0, 0.05) is 45.8 Å². The van der Waals surface area contributed by atoms with E-state index in [2.05, 4.69) is 17.1 Å². The molecule has 1 aromatic carbocycles. The van der Waals surface area contributed by atoms with Crippen LogP contribution in [0.3, 0.4) is 0 Å². The highest BCUT2D eigenvalue weighted by Gasteiger charge is 2.53. The minimum Gasteiger partial charge on any atom is -0.345 e. The highest BCUT2D eigenvalue weighted by Crippen LogP contribution is 2.36. The van der Waals surface area contributed by atoms with Gasteiger partial charge >= 0.3 is 0 Å². The van der Waals surface area contributed by atoms with Gasteiger partial charge in [0.05, 0.1) is 0 Å². The topological polar surface area (TPSA) is 73.0 Å². The van der Waals surface area contributed by atoms with Gasteiger partial charge in [0.25, 0.3) is 5.91 Å². The van der Waals surface area contributed by atoms with Gasteiger partial charge in [0.2, 0.25) is 11.8 Å². The van der Waals surface area contributed by atoms with Crippen molar-refractivity contribution in [2.45, 2.75) is 89.3 Å². The molecule has 1 saturated carbocycles. The first kappa shape index (κ1) is 26.6. The van der Waals surface area contributed by atoms with E-state index in [4.69, 9.17) is 0 Å². The molecule has 3 amide bonds. The van der Waals surface area contributed by atoms with E-state index in [0.29, 0.717) is 30.9 Å². The molecule has 36 heavy (non-hydrogen) atoms. The molecule has 3 aliphatic rings. The molecule has 0 aromatic heterocycles. The second kappa shape index (κ2) is 11.8. The molecule has 7 nitrogen and oxygen atoms in total. The lowest BCUT2D eigenvalue weighted by Gasteiger charge is -2.52. The Morgan fingerprint density at radius 2 is 1.72 bits per heavy atom. The molecule has 2 aliphatic heterocycles. The van der Waals surface area contributed by atoms with Crippen molar-refractivity contribution < 1.29 is 14.4 Å². The average molecular weight is 497 g/mol. The first-order valence-corrected chi connectivity index (χ1v) is 14.0. The molecule has 1 unspecified atom stereocenters. The highest BCUT2D eigenvalue weighted by molar-refractivity contribution is 6.00. The summed E-state index contributed by atoms with van der Waals surface area (Å²) in [6, 6.07) is 7.44. The van der Waals surface area contributed by atoms with Crippen LogP contribution in [0.4, 0.5) is 0 Å². The zero-order valence-corrected chi connectivity index (χ0v) is 22.4. The number of hydrogen-bond acceptors (Lipinski definition) is 4. The third kappa shape index (κ3) is 5.77. The molecule has 1 N–H and O–H groups in total. The summed E-state index contributed by atoms with van der Waals surface area (Å²) < 4.78 is 0. The lowest BCUT2D eigenvalue weighted by molar-refractivity contribution is -0.162. The zero-order chi connectivity index (χ0) is 25.7. The molecule has 1 aromatic rings. The summed E-state index contributed by atoms with van der Waals surface area (Å²) >= 11 is 0. The molecule has 1 spiro atoms. The Kier molecular flexibility index (Phi) is 8.70. The normalized spacial score (nSPS) is 23.1. The molecular weight excluding hydrogens is 452 g/mol. The van der Waals surface area contributed by atoms with Crippen molar-refractivity contribution in [2.24, 2.45) is 5.92 Å². The van der Waals surface area contributed by atoms with Gasteiger partial charge < -0.3 is 15.1 Å². The van der Waals surface area contributed by atoms with Crippen LogP contribution in [0.15, 0.2) is 24.3 Å². The number of piperazine rings is 1. The summed E-state index contributed by atoms with van der Waals surface area (Å²) in [6.45, 7) is 5.14. The highest BCUT2D eigenvalue weighted by atomic mass is 16.2. The number of nitrogens with one attached hydrogen (secondary N) is 1. The van der Waals surface area contributed by atoms with Crippen LogP contribution in [-0.2, 0) is 16.1 Å². The van der Waals surface area contributed by atoms with Crippen molar-refractivity contribution in [3.05, 3.63) is 35.4 Å². The van der Waals surface area contributed by atoms with Gasteiger partial charge in [-0.15, -0.1) is 0 Å². The molecular formula is C29H44N4O3. The number of benzene rings is 1. The Morgan fingerprint density at radius 3 is 2.33 bits per heavy atom. The van der Waals surface area contributed by atoms with Crippen LogP contribution < -0.4 is 5.32 Å². The maximum Gasteiger partial charge on any atom is 0.253 e.